The quantitative estimate of drug-likeness (QED) is 0.611. The largest absolute Gasteiger partial charge is 0.464 e. The summed E-state index contributed by atoms with van der Waals surface area (Å²) >= 11 is 0. The van der Waals surface area contributed by atoms with Crippen molar-refractivity contribution in [2.24, 2.45) is 0 Å². The molecule has 4 heteroatoms. The Hall–Kier alpha value is -0.610. The lowest BCUT2D eigenvalue weighted by atomic mass is 10.1. The van der Waals surface area contributed by atoms with Crippen molar-refractivity contribution in [2.45, 2.75) is 45.8 Å². The number of methoxy groups -OCH3 is 1. The summed E-state index contributed by atoms with van der Waals surface area (Å²) in [5.41, 5.74) is -0.214. The number of ether oxygens (including phenoxy) is 3. The van der Waals surface area contributed by atoms with Crippen molar-refractivity contribution in [3.63, 3.8) is 0 Å². The van der Waals surface area contributed by atoms with Gasteiger partial charge in [0.1, 0.15) is 0 Å². The summed E-state index contributed by atoms with van der Waals surface area (Å²) in [4.78, 5) is 11.2. The fourth-order valence-corrected chi connectivity index (χ4v) is 0.911. The van der Waals surface area contributed by atoms with Crippen molar-refractivity contribution in [1.82, 2.24) is 0 Å². The molecular weight excluding hydrogens is 196 g/mol. The molecule has 0 aromatic rings. The van der Waals surface area contributed by atoms with Crippen LogP contribution in [0.3, 0.4) is 0 Å². The van der Waals surface area contributed by atoms with Gasteiger partial charge in [0.15, 0.2) is 6.10 Å². The number of hydrogen-bond acceptors (Lipinski definition) is 4. The summed E-state index contributed by atoms with van der Waals surface area (Å²) in [6, 6.07) is 0. The molecule has 0 spiro atoms. The number of rotatable bonds is 7. The number of carbonyl (C=O) groups is 1. The molecule has 0 aromatic carbocycles. The van der Waals surface area contributed by atoms with E-state index in [0.29, 0.717) is 13.2 Å². The van der Waals surface area contributed by atoms with Gasteiger partial charge in [0, 0.05) is 7.11 Å². The van der Waals surface area contributed by atoms with Gasteiger partial charge >= 0.3 is 5.97 Å². The highest BCUT2D eigenvalue weighted by molar-refractivity contribution is 5.74. The highest BCUT2D eigenvalue weighted by Gasteiger charge is 2.19. The smallest absolute Gasteiger partial charge is 0.334 e. The third-order valence-corrected chi connectivity index (χ3v) is 2.24. The third-order valence-electron chi connectivity index (χ3n) is 2.24. The first-order chi connectivity index (χ1) is 6.93. The van der Waals surface area contributed by atoms with Crippen LogP contribution in [0.5, 0.6) is 0 Å². The Morgan fingerprint density at radius 3 is 2.47 bits per heavy atom. The normalized spacial score (nSPS) is 13.7. The molecule has 0 amide bonds. The summed E-state index contributed by atoms with van der Waals surface area (Å²) in [6.45, 7) is 8.30. The fraction of sp³-hybridized carbons (Fsp3) is 0.909. The molecule has 15 heavy (non-hydrogen) atoms. The summed E-state index contributed by atoms with van der Waals surface area (Å²) in [7, 11) is 1.66. The Labute approximate surface area is 91.9 Å². The summed E-state index contributed by atoms with van der Waals surface area (Å²) in [5, 5.41) is 0. The maximum atomic E-state index is 11.2. The molecule has 0 radical (unpaired) electrons. The van der Waals surface area contributed by atoms with E-state index in [1.807, 2.05) is 13.8 Å². The van der Waals surface area contributed by atoms with Crippen LogP contribution in [-0.4, -0.2) is 38.0 Å². The van der Waals surface area contributed by atoms with E-state index in [2.05, 4.69) is 0 Å². The van der Waals surface area contributed by atoms with E-state index in [1.165, 1.54) is 0 Å². The second kappa shape index (κ2) is 6.80. The molecule has 0 aromatic heterocycles. The van der Waals surface area contributed by atoms with Crippen LogP contribution in [0, 0.1) is 0 Å². The number of esters is 1. The van der Waals surface area contributed by atoms with Gasteiger partial charge in [-0.3, -0.25) is 0 Å². The minimum Gasteiger partial charge on any atom is -0.464 e. The summed E-state index contributed by atoms with van der Waals surface area (Å²) < 4.78 is 15.4. The van der Waals surface area contributed by atoms with Crippen LogP contribution in [-0.2, 0) is 19.0 Å². The Bertz CT molecular complexity index is 189. The van der Waals surface area contributed by atoms with E-state index >= 15 is 0 Å². The van der Waals surface area contributed by atoms with Crippen LogP contribution >= 0.6 is 0 Å². The van der Waals surface area contributed by atoms with Gasteiger partial charge in [-0.15, -0.1) is 0 Å². The first kappa shape index (κ1) is 14.4. The summed E-state index contributed by atoms with van der Waals surface area (Å²) in [6.07, 6.45) is 0.241. The van der Waals surface area contributed by atoms with Crippen LogP contribution in [0.25, 0.3) is 0 Å². The van der Waals surface area contributed by atoms with Crippen molar-refractivity contribution in [3.8, 4) is 0 Å². The van der Waals surface area contributed by atoms with E-state index in [-0.39, 0.29) is 11.6 Å². The standard InChI is InChI=1S/C11H22O4/c1-6-14-10(12)9(2)15-8-7-11(3,4)13-5/h9H,6-8H2,1-5H3. The maximum absolute atomic E-state index is 11.2. The zero-order chi connectivity index (χ0) is 11.9. The van der Waals surface area contributed by atoms with E-state index in [4.69, 9.17) is 14.2 Å². The van der Waals surface area contributed by atoms with Crippen molar-refractivity contribution >= 4 is 5.97 Å². The second-order valence-corrected chi connectivity index (χ2v) is 3.98. The molecule has 0 heterocycles. The van der Waals surface area contributed by atoms with E-state index < -0.39 is 6.10 Å². The minimum absolute atomic E-state index is 0.214. The zero-order valence-corrected chi connectivity index (χ0v) is 10.3. The van der Waals surface area contributed by atoms with E-state index in [1.54, 1.807) is 21.0 Å². The van der Waals surface area contributed by atoms with Crippen LogP contribution in [0.2, 0.25) is 0 Å². The molecule has 4 nitrogen and oxygen atoms in total. The predicted molar refractivity (Wildman–Crippen MR) is 57.8 cm³/mol. The maximum Gasteiger partial charge on any atom is 0.334 e. The fourth-order valence-electron chi connectivity index (χ4n) is 0.911. The van der Waals surface area contributed by atoms with Gasteiger partial charge < -0.3 is 14.2 Å². The molecule has 0 fully saturated rings. The molecule has 0 bridgehead atoms. The molecule has 0 N–H and O–H groups in total. The Morgan fingerprint density at radius 1 is 1.40 bits per heavy atom. The molecule has 0 saturated carbocycles. The average molecular weight is 218 g/mol. The molecule has 90 valence electrons. The van der Waals surface area contributed by atoms with Gasteiger partial charge in [-0.25, -0.2) is 4.79 Å². The average Bonchev–Trinajstić information content (AvgIpc) is 2.18. The van der Waals surface area contributed by atoms with E-state index in [0.717, 1.165) is 6.42 Å². The van der Waals surface area contributed by atoms with Gasteiger partial charge in [0.2, 0.25) is 0 Å². The molecule has 0 aliphatic rings. The van der Waals surface area contributed by atoms with E-state index in [9.17, 15) is 4.79 Å². The first-order valence-corrected chi connectivity index (χ1v) is 5.26. The lowest BCUT2D eigenvalue weighted by Crippen LogP contribution is -2.28. The topological polar surface area (TPSA) is 44.8 Å². The Morgan fingerprint density at radius 2 is 2.00 bits per heavy atom. The Balaban J connectivity index is 3.72. The van der Waals surface area contributed by atoms with Crippen LogP contribution < -0.4 is 0 Å². The molecule has 0 aliphatic heterocycles. The highest BCUT2D eigenvalue weighted by atomic mass is 16.6. The minimum atomic E-state index is -0.502. The molecule has 0 rings (SSSR count). The molecule has 0 saturated heterocycles. The van der Waals surface area contributed by atoms with Crippen LogP contribution in [0.1, 0.15) is 34.1 Å². The van der Waals surface area contributed by atoms with Gasteiger partial charge in [-0.05, 0) is 34.1 Å². The monoisotopic (exact) mass is 218 g/mol. The lowest BCUT2D eigenvalue weighted by Gasteiger charge is -2.23. The first-order valence-electron chi connectivity index (χ1n) is 5.26. The molecular formula is C11H22O4. The number of carbonyl (C=O) groups excluding carboxylic acids is 1. The Kier molecular flexibility index (Phi) is 6.52. The van der Waals surface area contributed by atoms with Crippen molar-refractivity contribution in [2.75, 3.05) is 20.3 Å². The lowest BCUT2D eigenvalue weighted by molar-refractivity contribution is -0.156. The molecule has 1 atom stereocenters. The SMILES string of the molecule is CCOC(=O)C(C)OCCC(C)(C)OC. The van der Waals surface area contributed by atoms with Gasteiger partial charge in [0.05, 0.1) is 18.8 Å². The van der Waals surface area contributed by atoms with Crippen LogP contribution in [0.15, 0.2) is 0 Å². The van der Waals surface area contributed by atoms with Crippen molar-refractivity contribution in [1.29, 1.82) is 0 Å². The predicted octanol–water partition coefficient (Wildman–Crippen LogP) is 1.77. The molecule has 0 aliphatic carbocycles. The molecule has 1 unspecified atom stereocenters. The van der Waals surface area contributed by atoms with Crippen LogP contribution in [0.4, 0.5) is 0 Å². The van der Waals surface area contributed by atoms with Gasteiger partial charge in [-0.1, -0.05) is 0 Å². The second-order valence-electron chi connectivity index (χ2n) is 3.98. The zero-order valence-electron chi connectivity index (χ0n) is 10.3. The number of hydrogen-bond donors (Lipinski definition) is 0. The van der Waals surface area contributed by atoms with Gasteiger partial charge in [-0.2, -0.15) is 0 Å². The third kappa shape index (κ3) is 6.47. The van der Waals surface area contributed by atoms with Gasteiger partial charge in [0.25, 0.3) is 0 Å². The van der Waals surface area contributed by atoms with Crippen molar-refractivity contribution < 1.29 is 19.0 Å². The van der Waals surface area contributed by atoms with Crippen molar-refractivity contribution in [3.05, 3.63) is 0 Å². The highest BCUT2D eigenvalue weighted by Crippen LogP contribution is 2.13. The summed E-state index contributed by atoms with van der Waals surface area (Å²) in [5.74, 6) is -0.312.